The molecule has 0 aliphatic carbocycles. The van der Waals surface area contributed by atoms with E-state index in [0.29, 0.717) is 0 Å². The van der Waals surface area contributed by atoms with Crippen LogP contribution in [-0.2, 0) is 13.5 Å². The lowest BCUT2D eigenvalue weighted by molar-refractivity contribution is 0.507. The molecule has 2 aromatic rings. The fraction of sp³-hybridized carbons (Fsp3) is 0.400. The van der Waals surface area contributed by atoms with Crippen LogP contribution in [0.3, 0.4) is 0 Å². The summed E-state index contributed by atoms with van der Waals surface area (Å²) in [5.41, 5.74) is 8.00. The second kappa shape index (κ2) is 3.86. The number of aromatic nitrogens is 3. The van der Waals surface area contributed by atoms with Crippen LogP contribution in [0.4, 0.5) is 0 Å². The van der Waals surface area contributed by atoms with Crippen LogP contribution in [0.2, 0.25) is 0 Å². The zero-order valence-corrected chi connectivity index (χ0v) is 8.84. The molecule has 80 valence electrons. The monoisotopic (exact) mass is 206 g/mol. The molecule has 0 radical (unpaired) electrons. The molecule has 5 heteroatoms. The summed E-state index contributed by atoms with van der Waals surface area (Å²) in [4.78, 5) is 0. The van der Waals surface area contributed by atoms with Gasteiger partial charge in [0.05, 0.1) is 24.2 Å². The third kappa shape index (κ3) is 1.66. The number of furan rings is 1. The molecule has 0 saturated carbocycles. The lowest BCUT2D eigenvalue weighted by Gasteiger charge is -2.10. The maximum atomic E-state index is 6.12. The molecule has 0 amide bonds. The largest absolute Gasteiger partial charge is 0.469 e. The summed E-state index contributed by atoms with van der Waals surface area (Å²) in [5.74, 6) is 0.920. The first-order valence-corrected chi connectivity index (χ1v) is 4.90. The molecular weight excluding hydrogens is 192 g/mol. The predicted molar refractivity (Wildman–Crippen MR) is 55.1 cm³/mol. The summed E-state index contributed by atoms with van der Waals surface area (Å²) in [6, 6.07) is 1.68. The van der Waals surface area contributed by atoms with Crippen molar-refractivity contribution in [2.24, 2.45) is 12.8 Å². The Bertz CT molecular complexity index is 446. The van der Waals surface area contributed by atoms with Gasteiger partial charge >= 0.3 is 0 Å². The molecule has 1 unspecified atom stereocenters. The topological polar surface area (TPSA) is 69.9 Å². The maximum Gasteiger partial charge on any atom is 0.108 e. The van der Waals surface area contributed by atoms with E-state index in [1.54, 1.807) is 17.1 Å². The molecule has 0 aliphatic rings. The van der Waals surface area contributed by atoms with Gasteiger partial charge in [0.15, 0.2) is 0 Å². The van der Waals surface area contributed by atoms with Crippen molar-refractivity contribution in [2.75, 3.05) is 0 Å². The van der Waals surface area contributed by atoms with Gasteiger partial charge in [0.25, 0.3) is 0 Å². The van der Waals surface area contributed by atoms with Crippen LogP contribution in [0.1, 0.15) is 30.0 Å². The Labute approximate surface area is 87.9 Å². The minimum atomic E-state index is -0.223. The number of hydrogen-bond donors (Lipinski definition) is 1. The van der Waals surface area contributed by atoms with E-state index < -0.39 is 0 Å². The van der Waals surface area contributed by atoms with E-state index in [9.17, 15) is 0 Å². The van der Waals surface area contributed by atoms with Crippen LogP contribution in [-0.4, -0.2) is 15.0 Å². The highest BCUT2D eigenvalue weighted by molar-refractivity contribution is 5.28. The van der Waals surface area contributed by atoms with Crippen LogP contribution in [0.15, 0.2) is 22.9 Å². The first kappa shape index (κ1) is 9.92. The second-order valence-electron chi connectivity index (χ2n) is 3.41. The van der Waals surface area contributed by atoms with Gasteiger partial charge in [0.1, 0.15) is 5.76 Å². The highest BCUT2D eigenvalue weighted by Crippen LogP contribution is 2.23. The Kier molecular flexibility index (Phi) is 2.55. The molecule has 2 aromatic heterocycles. The molecule has 0 bridgehead atoms. The molecule has 0 saturated heterocycles. The molecule has 0 spiro atoms. The molecule has 0 aromatic carbocycles. The maximum absolute atomic E-state index is 6.12. The molecule has 2 heterocycles. The summed E-state index contributed by atoms with van der Waals surface area (Å²) in [6.07, 6.45) is 4.18. The zero-order chi connectivity index (χ0) is 10.8. The standard InChI is InChI=1S/C10H14N4O/c1-3-9-7(4-5-15-9)10(11)8-6-12-13-14(8)2/h4-6,10H,3,11H2,1-2H3. The van der Waals surface area contributed by atoms with Crippen molar-refractivity contribution in [3.05, 3.63) is 35.5 Å². The fourth-order valence-corrected chi connectivity index (χ4v) is 1.65. The van der Waals surface area contributed by atoms with Crippen molar-refractivity contribution < 1.29 is 4.42 Å². The lowest BCUT2D eigenvalue weighted by atomic mass is 10.0. The smallest absolute Gasteiger partial charge is 0.108 e. The van der Waals surface area contributed by atoms with Gasteiger partial charge in [-0.05, 0) is 6.07 Å². The molecule has 5 nitrogen and oxygen atoms in total. The van der Waals surface area contributed by atoms with Gasteiger partial charge in [-0.15, -0.1) is 5.10 Å². The average molecular weight is 206 g/mol. The van der Waals surface area contributed by atoms with Crippen molar-refractivity contribution >= 4 is 0 Å². The van der Waals surface area contributed by atoms with Gasteiger partial charge in [-0.3, -0.25) is 4.68 Å². The molecule has 0 fully saturated rings. The Morgan fingerprint density at radius 3 is 3.00 bits per heavy atom. The molecular formula is C10H14N4O. The Balaban J connectivity index is 2.36. The van der Waals surface area contributed by atoms with E-state index >= 15 is 0 Å². The van der Waals surface area contributed by atoms with E-state index in [1.807, 2.05) is 20.0 Å². The normalized spacial score (nSPS) is 13.0. The summed E-state index contributed by atoms with van der Waals surface area (Å²) >= 11 is 0. The number of hydrogen-bond acceptors (Lipinski definition) is 4. The minimum Gasteiger partial charge on any atom is -0.469 e. The second-order valence-corrected chi connectivity index (χ2v) is 3.41. The first-order valence-electron chi connectivity index (χ1n) is 4.90. The van der Waals surface area contributed by atoms with Gasteiger partial charge < -0.3 is 10.2 Å². The molecule has 2 N–H and O–H groups in total. The number of aryl methyl sites for hydroxylation is 2. The third-order valence-corrected chi connectivity index (χ3v) is 2.50. The van der Waals surface area contributed by atoms with Crippen molar-refractivity contribution in [1.82, 2.24) is 15.0 Å². The first-order chi connectivity index (χ1) is 7.24. The van der Waals surface area contributed by atoms with Crippen LogP contribution in [0.25, 0.3) is 0 Å². The van der Waals surface area contributed by atoms with Gasteiger partial charge in [-0.1, -0.05) is 12.1 Å². The Morgan fingerprint density at radius 1 is 1.60 bits per heavy atom. The van der Waals surface area contributed by atoms with Gasteiger partial charge in [-0.2, -0.15) is 0 Å². The average Bonchev–Trinajstić information content (AvgIpc) is 2.84. The van der Waals surface area contributed by atoms with Gasteiger partial charge in [0, 0.05) is 19.0 Å². The molecule has 2 rings (SSSR count). The number of nitrogens with zero attached hydrogens (tertiary/aromatic N) is 3. The third-order valence-electron chi connectivity index (χ3n) is 2.50. The fourth-order valence-electron chi connectivity index (χ4n) is 1.65. The summed E-state index contributed by atoms with van der Waals surface area (Å²) in [7, 11) is 1.83. The summed E-state index contributed by atoms with van der Waals surface area (Å²) in [6.45, 7) is 2.04. The minimum absolute atomic E-state index is 0.223. The van der Waals surface area contributed by atoms with Gasteiger partial charge in [-0.25, -0.2) is 0 Å². The van der Waals surface area contributed by atoms with Gasteiger partial charge in [0.2, 0.25) is 0 Å². The molecule has 1 atom stereocenters. The Morgan fingerprint density at radius 2 is 2.40 bits per heavy atom. The number of rotatable bonds is 3. The summed E-state index contributed by atoms with van der Waals surface area (Å²) in [5, 5.41) is 7.67. The molecule has 15 heavy (non-hydrogen) atoms. The zero-order valence-electron chi connectivity index (χ0n) is 8.84. The van der Waals surface area contributed by atoms with Crippen molar-refractivity contribution in [2.45, 2.75) is 19.4 Å². The number of nitrogens with two attached hydrogens (primary N) is 1. The predicted octanol–water partition coefficient (Wildman–Crippen LogP) is 1.02. The van der Waals surface area contributed by atoms with Crippen LogP contribution < -0.4 is 5.73 Å². The van der Waals surface area contributed by atoms with Crippen LogP contribution >= 0.6 is 0 Å². The van der Waals surface area contributed by atoms with E-state index in [1.165, 1.54) is 0 Å². The van der Waals surface area contributed by atoms with Crippen molar-refractivity contribution in [1.29, 1.82) is 0 Å². The highest BCUT2D eigenvalue weighted by Gasteiger charge is 2.17. The summed E-state index contributed by atoms with van der Waals surface area (Å²) < 4.78 is 7.02. The van der Waals surface area contributed by atoms with E-state index in [-0.39, 0.29) is 6.04 Å². The van der Waals surface area contributed by atoms with E-state index in [0.717, 1.165) is 23.4 Å². The van der Waals surface area contributed by atoms with E-state index in [4.69, 9.17) is 10.2 Å². The lowest BCUT2D eigenvalue weighted by Crippen LogP contribution is -2.16. The van der Waals surface area contributed by atoms with Crippen molar-refractivity contribution in [3.63, 3.8) is 0 Å². The van der Waals surface area contributed by atoms with Crippen LogP contribution in [0.5, 0.6) is 0 Å². The quantitative estimate of drug-likeness (QED) is 0.813. The Hall–Kier alpha value is -1.62. The van der Waals surface area contributed by atoms with E-state index in [2.05, 4.69) is 10.3 Å². The molecule has 0 aliphatic heterocycles. The van der Waals surface area contributed by atoms with Crippen molar-refractivity contribution in [3.8, 4) is 0 Å². The van der Waals surface area contributed by atoms with Crippen LogP contribution in [0, 0.1) is 0 Å². The highest BCUT2D eigenvalue weighted by atomic mass is 16.3. The SMILES string of the molecule is CCc1occc1C(N)c1cnnn1C.